The lowest BCUT2D eigenvalue weighted by Crippen LogP contribution is -2.27. The third-order valence-corrected chi connectivity index (χ3v) is 4.87. The predicted molar refractivity (Wildman–Crippen MR) is 92.6 cm³/mol. The van der Waals surface area contributed by atoms with Crippen molar-refractivity contribution < 1.29 is 14.6 Å². The van der Waals surface area contributed by atoms with Crippen LogP contribution in [-0.4, -0.2) is 42.2 Å². The van der Waals surface area contributed by atoms with Crippen molar-refractivity contribution in [2.24, 2.45) is 5.92 Å². The number of benzene rings is 1. The van der Waals surface area contributed by atoms with E-state index in [1.807, 2.05) is 0 Å². The first-order valence-corrected chi connectivity index (χ1v) is 8.39. The van der Waals surface area contributed by atoms with Crippen molar-refractivity contribution >= 4 is 18.4 Å². The van der Waals surface area contributed by atoms with Gasteiger partial charge in [-0.1, -0.05) is 12.1 Å². The summed E-state index contributed by atoms with van der Waals surface area (Å²) in [5.41, 5.74) is 2.73. The smallest absolute Gasteiger partial charge is 0.303 e. The summed E-state index contributed by atoms with van der Waals surface area (Å²) >= 11 is 0. The zero-order valence-corrected chi connectivity index (χ0v) is 14.3. The lowest BCUT2D eigenvalue weighted by molar-refractivity contribution is -0.138. The van der Waals surface area contributed by atoms with Crippen LogP contribution in [0.25, 0.3) is 0 Å². The molecule has 1 saturated heterocycles. The lowest BCUT2D eigenvalue weighted by Gasteiger charge is -2.20. The van der Waals surface area contributed by atoms with E-state index in [2.05, 4.69) is 23.1 Å². The Morgan fingerprint density at radius 1 is 1.30 bits per heavy atom. The summed E-state index contributed by atoms with van der Waals surface area (Å²) in [7, 11) is 0. The highest BCUT2D eigenvalue weighted by atomic mass is 35.5. The van der Waals surface area contributed by atoms with Gasteiger partial charge in [-0.15, -0.1) is 12.4 Å². The number of halogens is 1. The van der Waals surface area contributed by atoms with Crippen LogP contribution in [-0.2, 0) is 17.6 Å². The van der Waals surface area contributed by atoms with E-state index >= 15 is 0 Å². The molecule has 2 heterocycles. The Balaban J connectivity index is 0.00000192. The van der Waals surface area contributed by atoms with Crippen molar-refractivity contribution in [3.8, 4) is 5.75 Å². The number of carbonyl (C=O) groups is 1. The summed E-state index contributed by atoms with van der Waals surface area (Å²) < 4.78 is 5.55. The molecule has 1 N–H and O–H groups in total. The van der Waals surface area contributed by atoms with Crippen LogP contribution in [0.5, 0.6) is 5.75 Å². The molecule has 0 radical (unpaired) electrons. The van der Waals surface area contributed by atoms with Gasteiger partial charge in [0.25, 0.3) is 0 Å². The lowest BCUT2D eigenvalue weighted by atomic mass is 9.97. The number of nitrogens with zero attached hydrogens (tertiary/aromatic N) is 1. The van der Waals surface area contributed by atoms with Gasteiger partial charge in [-0.3, -0.25) is 4.79 Å². The molecule has 1 fully saturated rings. The maximum absolute atomic E-state index is 10.8. The third-order valence-electron chi connectivity index (χ3n) is 4.87. The molecular formula is C18H26ClNO3. The third kappa shape index (κ3) is 5.11. The topological polar surface area (TPSA) is 49.8 Å². The quantitative estimate of drug-likeness (QED) is 0.895. The number of carboxylic acid groups (broad SMARTS) is 1. The maximum Gasteiger partial charge on any atom is 0.303 e. The van der Waals surface area contributed by atoms with E-state index in [0.717, 1.165) is 64.1 Å². The summed E-state index contributed by atoms with van der Waals surface area (Å²) in [6.07, 6.45) is 5.62. The van der Waals surface area contributed by atoms with Gasteiger partial charge < -0.3 is 14.7 Å². The van der Waals surface area contributed by atoms with Gasteiger partial charge >= 0.3 is 5.97 Å². The molecule has 1 unspecified atom stereocenters. The van der Waals surface area contributed by atoms with Gasteiger partial charge in [-0.05, 0) is 61.9 Å². The first-order valence-electron chi connectivity index (χ1n) is 8.39. The summed E-state index contributed by atoms with van der Waals surface area (Å²) in [5, 5.41) is 8.93. The maximum atomic E-state index is 10.8. The predicted octanol–water partition coefficient (Wildman–Crippen LogP) is 3.16. The Kier molecular flexibility index (Phi) is 6.72. The Labute approximate surface area is 144 Å². The van der Waals surface area contributed by atoms with Gasteiger partial charge in [-0.25, -0.2) is 0 Å². The number of hydrogen-bond donors (Lipinski definition) is 1. The number of likely N-dealkylation sites (tertiary alicyclic amines) is 1. The van der Waals surface area contributed by atoms with Crippen molar-refractivity contribution in [1.29, 1.82) is 0 Å². The van der Waals surface area contributed by atoms with Crippen LogP contribution in [0.3, 0.4) is 0 Å². The molecule has 2 aliphatic heterocycles. The summed E-state index contributed by atoms with van der Waals surface area (Å²) in [4.78, 5) is 13.3. The minimum Gasteiger partial charge on any atom is -0.493 e. The Bertz CT molecular complexity index is 535. The average Bonchev–Trinajstić information content (AvgIpc) is 2.85. The molecular weight excluding hydrogens is 314 g/mol. The summed E-state index contributed by atoms with van der Waals surface area (Å²) in [6, 6.07) is 6.56. The molecule has 1 aromatic rings. The molecule has 4 nitrogen and oxygen atoms in total. The molecule has 2 aliphatic rings. The molecule has 0 amide bonds. The molecule has 0 saturated carbocycles. The largest absolute Gasteiger partial charge is 0.493 e. The van der Waals surface area contributed by atoms with E-state index < -0.39 is 5.97 Å². The second-order valence-corrected chi connectivity index (χ2v) is 6.53. The first-order chi connectivity index (χ1) is 10.7. The van der Waals surface area contributed by atoms with Crippen LogP contribution in [0.15, 0.2) is 18.2 Å². The van der Waals surface area contributed by atoms with Gasteiger partial charge in [0.1, 0.15) is 5.75 Å². The molecule has 128 valence electrons. The van der Waals surface area contributed by atoms with Crippen LogP contribution in [0, 0.1) is 5.92 Å². The SMILES string of the molecule is Cl.O=C(O)CC1CCCN(CCc2ccc3c(c2)CCO3)CC1. The van der Waals surface area contributed by atoms with E-state index in [1.54, 1.807) is 0 Å². The minimum atomic E-state index is -0.654. The number of rotatable bonds is 5. The number of carboxylic acids is 1. The number of hydrogen-bond acceptors (Lipinski definition) is 3. The molecule has 0 aliphatic carbocycles. The number of ether oxygens (including phenoxy) is 1. The molecule has 0 aromatic heterocycles. The van der Waals surface area contributed by atoms with Crippen LogP contribution in [0.1, 0.15) is 36.8 Å². The monoisotopic (exact) mass is 339 g/mol. The zero-order chi connectivity index (χ0) is 15.4. The van der Waals surface area contributed by atoms with Crippen molar-refractivity contribution in [2.75, 3.05) is 26.2 Å². The van der Waals surface area contributed by atoms with Gasteiger partial charge in [0.15, 0.2) is 0 Å². The van der Waals surface area contributed by atoms with Crippen molar-refractivity contribution in [2.45, 2.75) is 38.5 Å². The standard InChI is InChI=1S/C18H25NO3.ClH/c20-18(21)13-14-2-1-8-19(9-5-14)10-6-15-3-4-17-16(12-15)7-11-22-17;/h3-4,12,14H,1-2,5-11,13H2,(H,20,21);1H. The molecule has 1 atom stereocenters. The summed E-state index contributed by atoms with van der Waals surface area (Å²) in [5.74, 6) is 0.758. The van der Waals surface area contributed by atoms with E-state index in [-0.39, 0.29) is 12.4 Å². The minimum absolute atomic E-state index is 0. The van der Waals surface area contributed by atoms with Gasteiger partial charge in [0.05, 0.1) is 6.61 Å². The fourth-order valence-corrected chi connectivity index (χ4v) is 3.58. The van der Waals surface area contributed by atoms with E-state index in [9.17, 15) is 4.79 Å². The Morgan fingerprint density at radius 3 is 3.00 bits per heavy atom. The molecule has 3 rings (SSSR count). The number of fused-ring (bicyclic) bond motifs is 1. The fraction of sp³-hybridized carbons (Fsp3) is 0.611. The van der Waals surface area contributed by atoms with E-state index in [1.165, 1.54) is 11.1 Å². The van der Waals surface area contributed by atoms with Crippen LogP contribution in [0.2, 0.25) is 0 Å². The Morgan fingerprint density at radius 2 is 2.17 bits per heavy atom. The first kappa shape index (κ1) is 18.1. The highest BCUT2D eigenvalue weighted by molar-refractivity contribution is 5.85. The second-order valence-electron chi connectivity index (χ2n) is 6.53. The molecule has 0 bridgehead atoms. The molecule has 0 spiro atoms. The second kappa shape index (κ2) is 8.55. The Hall–Kier alpha value is -1.26. The van der Waals surface area contributed by atoms with Crippen molar-refractivity contribution in [1.82, 2.24) is 4.90 Å². The van der Waals surface area contributed by atoms with Crippen LogP contribution in [0.4, 0.5) is 0 Å². The summed E-state index contributed by atoms with van der Waals surface area (Å²) in [6.45, 7) is 4.02. The normalized spacial score (nSPS) is 21.0. The van der Waals surface area contributed by atoms with Gasteiger partial charge in [0.2, 0.25) is 0 Å². The van der Waals surface area contributed by atoms with Crippen LogP contribution < -0.4 is 4.74 Å². The molecule has 1 aromatic carbocycles. The zero-order valence-electron chi connectivity index (χ0n) is 13.5. The van der Waals surface area contributed by atoms with E-state index in [0.29, 0.717) is 12.3 Å². The molecule has 5 heteroatoms. The van der Waals surface area contributed by atoms with E-state index in [4.69, 9.17) is 9.84 Å². The fourth-order valence-electron chi connectivity index (χ4n) is 3.58. The van der Waals surface area contributed by atoms with Crippen LogP contribution >= 0.6 is 12.4 Å². The average molecular weight is 340 g/mol. The number of aliphatic carboxylic acids is 1. The highest BCUT2D eigenvalue weighted by Gasteiger charge is 2.19. The van der Waals surface area contributed by atoms with Gasteiger partial charge in [-0.2, -0.15) is 0 Å². The van der Waals surface area contributed by atoms with Crippen molar-refractivity contribution in [3.63, 3.8) is 0 Å². The van der Waals surface area contributed by atoms with Gasteiger partial charge in [0, 0.05) is 19.4 Å². The van der Waals surface area contributed by atoms with Crippen molar-refractivity contribution in [3.05, 3.63) is 29.3 Å². The molecule has 23 heavy (non-hydrogen) atoms. The highest BCUT2D eigenvalue weighted by Crippen LogP contribution is 2.26.